The topological polar surface area (TPSA) is 40.1 Å². The highest BCUT2D eigenvalue weighted by molar-refractivity contribution is 5.80. The van der Waals surface area contributed by atoms with Gasteiger partial charge < -0.3 is 15.0 Å². The number of alkyl halides is 3. The zero-order valence-corrected chi connectivity index (χ0v) is 13.9. The molecule has 2 saturated heterocycles. The summed E-state index contributed by atoms with van der Waals surface area (Å²) >= 11 is 0. The molecule has 0 unspecified atom stereocenters. The van der Waals surface area contributed by atoms with Gasteiger partial charge in [-0.2, -0.15) is 13.2 Å². The number of guanidine groups is 1. The van der Waals surface area contributed by atoms with E-state index in [1.807, 2.05) is 6.92 Å². The molecule has 0 saturated carbocycles. The van der Waals surface area contributed by atoms with E-state index in [0.717, 1.165) is 38.5 Å². The first-order valence-corrected chi connectivity index (χ1v) is 8.30. The number of halogens is 3. The molecule has 0 aliphatic carbocycles. The van der Waals surface area contributed by atoms with Crippen molar-refractivity contribution in [3.63, 3.8) is 0 Å². The predicted octanol–water partition coefficient (Wildman–Crippen LogP) is 1.70. The van der Waals surface area contributed by atoms with E-state index in [4.69, 9.17) is 4.74 Å². The van der Waals surface area contributed by atoms with Gasteiger partial charge in [-0.25, -0.2) is 0 Å². The first kappa shape index (κ1) is 18.3. The van der Waals surface area contributed by atoms with Crippen LogP contribution in [0.1, 0.15) is 26.2 Å². The van der Waals surface area contributed by atoms with Crippen molar-refractivity contribution in [2.45, 2.75) is 44.5 Å². The molecule has 2 rings (SSSR count). The molecule has 1 N–H and O–H groups in total. The number of nitrogens with one attached hydrogen (secondary N) is 1. The molecule has 0 aromatic rings. The van der Waals surface area contributed by atoms with Gasteiger partial charge >= 0.3 is 6.18 Å². The fourth-order valence-electron chi connectivity index (χ4n) is 3.30. The molecular formula is C15H27F3N4O. The summed E-state index contributed by atoms with van der Waals surface area (Å²) < 4.78 is 43.0. The highest BCUT2D eigenvalue weighted by atomic mass is 19.4. The van der Waals surface area contributed by atoms with E-state index in [-0.39, 0.29) is 6.04 Å². The maximum absolute atomic E-state index is 12.4. The third-order valence-electron chi connectivity index (χ3n) is 4.36. The average Bonchev–Trinajstić information content (AvgIpc) is 2.91. The molecule has 0 aromatic heterocycles. The Bertz CT molecular complexity index is 395. The summed E-state index contributed by atoms with van der Waals surface area (Å²) in [5.41, 5.74) is 0. The van der Waals surface area contributed by atoms with E-state index in [0.29, 0.717) is 25.6 Å². The lowest BCUT2D eigenvalue weighted by atomic mass is 10.1. The van der Waals surface area contributed by atoms with E-state index < -0.39 is 12.7 Å². The second-order valence-corrected chi connectivity index (χ2v) is 6.17. The highest BCUT2D eigenvalue weighted by Crippen LogP contribution is 2.20. The minimum absolute atomic E-state index is 0.0284. The first-order valence-electron chi connectivity index (χ1n) is 8.30. The van der Waals surface area contributed by atoms with Crippen molar-refractivity contribution in [1.29, 1.82) is 0 Å². The maximum atomic E-state index is 12.4. The number of ether oxygens (including phenoxy) is 1. The van der Waals surface area contributed by atoms with Crippen LogP contribution in [0.15, 0.2) is 4.99 Å². The van der Waals surface area contributed by atoms with Crippen LogP contribution >= 0.6 is 0 Å². The van der Waals surface area contributed by atoms with E-state index in [2.05, 4.69) is 15.2 Å². The largest absolute Gasteiger partial charge is 0.401 e. The SMILES string of the molecule is CCOC1CCN(C(=NC)N[C@H]2CCN(CC(F)(F)F)C2)CC1. The lowest BCUT2D eigenvalue weighted by molar-refractivity contribution is -0.143. The molecule has 2 aliphatic heterocycles. The van der Waals surface area contributed by atoms with Crippen molar-refractivity contribution >= 4 is 5.96 Å². The predicted molar refractivity (Wildman–Crippen MR) is 83.6 cm³/mol. The standard InChI is InChI=1S/C15H27F3N4O/c1-3-23-13-5-8-22(9-6-13)14(19-2)20-12-4-7-21(10-12)11-15(16,17)18/h12-13H,3-11H2,1-2H3,(H,19,20)/t12-/m0/s1. The summed E-state index contributed by atoms with van der Waals surface area (Å²) in [7, 11) is 1.72. The average molecular weight is 336 g/mol. The van der Waals surface area contributed by atoms with Gasteiger partial charge in [0.1, 0.15) is 0 Å². The highest BCUT2D eigenvalue weighted by Gasteiger charge is 2.35. The van der Waals surface area contributed by atoms with Crippen molar-refractivity contribution in [2.75, 3.05) is 46.4 Å². The van der Waals surface area contributed by atoms with E-state index in [1.54, 1.807) is 7.05 Å². The molecule has 0 spiro atoms. The number of hydrogen-bond acceptors (Lipinski definition) is 3. The summed E-state index contributed by atoms with van der Waals surface area (Å²) in [5.74, 6) is 0.791. The lowest BCUT2D eigenvalue weighted by Crippen LogP contribution is -2.50. The van der Waals surface area contributed by atoms with Crippen LogP contribution in [0.4, 0.5) is 13.2 Å². The van der Waals surface area contributed by atoms with Gasteiger partial charge in [0.15, 0.2) is 5.96 Å². The number of rotatable bonds is 4. The number of nitrogens with zero attached hydrogens (tertiary/aromatic N) is 3. The summed E-state index contributed by atoms with van der Waals surface area (Å²) in [5, 5.41) is 3.32. The minimum Gasteiger partial charge on any atom is -0.378 e. The van der Waals surface area contributed by atoms with Crippen molar-refractivity contribution in [2.24, 2.45) is 4.99 Å². The normalized spacial score (nSPS) is 25.2. The van der Waals surface area contributed by atoms with Gasteiger partial charge in [-0.05, 0) is 26.2 Å². The molecule has 0 aromatic carbocycles. The molecule has 2 fully saturated rings. The van der Waals surface area contributed by atoms with Crippen LogP contribution in [0.25, 0.3) is 0 Å². The number of piperidine rings is 1. The van der Waals surface area contributed by atoms with Gasteiger partial charge in [0.25, 0.3) is 0 Å². The van der Waals surface area contributed by atoms with Gasteiger partial charge in [0.2, 0.25) is 0 Å². The Morgan fingerprint density at radius 2 is 1.91 bits per heavy atom. The number of aliphatic imine (C=N–C) groups is 1. The molecular weight excluding hydrogens is 309 g/mol. The van der Waals surface area contributed by atoms with Crippen LogP contribution in [0.5, 0.6) is 0 Å². The zero-order chi connectivity index (χ0) is 16.9. The smallest absolute Gasteiger partial charge is 0.378 e. The fourth-order valence-corrected chi connectivity index (χ4v) is 3.30. The van der Waals surface area contributed by atoms with E-state index in [1.165, 1.54) is 4.90 Å². The Balaban J connectivity index is 1.78. The number of likely N-dealkylation sites (tertiary alicyclic amines) is 2. The molecule has 0 bridgehead atoms. The Kier molecular flexibility index (Phi) is 6.52. The summed E-state index contributed by atoms with van der Waals surface area (Å²) in [6.07, 6.45) is -1.19. The Hall–Kier alpha value is -1.02. The molecule has 23 heavy (non-hydrogen) atoms. The van der Waals surface area contributed by atoms with Gasteiger partial charge in [-0.1, -0.05) is 0 Å². The third-order valence-corrected chi connectivity index (χ3v) is 4.36. The molecule has 2 heterocycles. The van der Waals surface area contributed by atoms with Crippen LogP contribution in [0, 0.1) is 0 Å². The summed E-state index contributed by atoms with van der Waals surface area (Å²) in [6.45, 7) is 4.51. The summed E-state index contributed by atoms with van der Waals surface area (Å²) in [6, 6.07) is 0.0284. The Morgan fingerprint density at radius 3 is 2.48 bits per heavy atom. The van der Waals surface area contributed by atoms with Crippen LogP contribution in [-0.2, 0) is 4.74 Å². The van der Waals surface area contributed by atoms with Crippen LogP contribution in [0.2, 0.25) is 0 Å². The maximum Gasteiger partial charge on any atom is 0.401 e. The molecule has 1 atom stereocenters. The second-order valence-electron chi connectivity index (χ2n) is 6.17. The molecule has 0 radical (unpaired) electrons. The lowest BCUT2D eigenvalue weighted by Gasteiger charge is -2.35. The second kappa shape index (κ2) is 8.19. The Morgan fingerprint density at radius 1 is 1.22 bits per heavy atom. The van der Waals surface area contributed by atoms with Crippen LogP contribution < -0.4 is 5.32 Å². The van der Waals surface area contributed by atoms with Gasteiger partial charge in [0, 0.05) is 45.9 Å². The van der Waals surface area contributed by atoms with Crippen LogP contribution in [-0.4, -0.2) is 80.5 Å². The fraction of sp³-hybridized carbons (Fsp3) is 0.933. The monoisotopic (exact) mass is 336 g/mol. The van der Waals surface area contributed by atoms with Crippen molar-refractivity contribution in [3.05, 3.63) is 0 Å². The zero-order valence-electron chi connectivity index (χ0n) is 13.9. The van der Waals surface area contributed by atoms with E-state index >= 15 is 0 Å². The first-order chi connectivity index (χ1) is 10.9. The Labute approximate surface area is 135 Å². The van der Waals surface area contributed by atoms with Gasteiger partial charge in [0.05, 0.1) is 12.6 Å². The third kappa shape index (κ3) is 5.84. The van der Waals surface area contributed by atoms with E-state index in [9.17, 15) is 13.2 Å². The van der Waals surface area contributed by atoms with Crippen molar-refractivity contribution in [1.82, 2.24) is 15.1 Å². The molecule has 8 heteroatoms. The van der Waals surface area contributed by atoms with Gasteiger partial charge in [-0.3, -0.25) is 9.89 Å². The quantitative estimate of drug-likeness (QED) is 0.627. The molecule has 2 aliphatic rings. The molecule has 5 nitrogen and oxygen atoms in total. The molecule has 0 amide bonds. The minimum atomic E-state index is -4.13. The molecule has 134 valence electrons. The summed E-state index contributed by atoms with van der Waals surface area (Å²) in [4.78, 5) is 7.92. The van der Waals surface area contributed by atoms with Crippen molar-refractivity contribution in [3.8, 4) is 0 Å². The van der Waals surface area contributed by atoms with Crippen molar-refractivity contribution < 1.29 is 17.9 Å². The number of hydrogen-bond donors (Lipinski definition) is 1. The van der Waals surface area contributed by atoms with Crippen LogP contribution in [0.3, 0.4) is 0 Å². The van der Waals surface area contributed by atoms with Gasteiger partial charge in [-0.15, -0.1) is 0 Å².